The maximum atomic E-state index is 13.6. The van der Waals surface area contributed by atoms with Crippen molar-refractivity contribution in [2.75, 3.05) is 11.4 Å². The van der Waals surface area contributed by atoms with Gasteiger partial charge in [-0.15, -0.1) is 11.3 Å². The van der Waals surface area contributed by atoms with Crippen molar-refractivity contribution in [3.05, 3.63) is 81.8 Å². The Morgan fingerprint density at radius 1 is 1.06 bits per heavy atom. The first-order chi connectivity index (χ1) is 16.5. The number of thiophene rings is 1. The van der Waals surface area contributed by atoms with E-state index in [9.17, 15) is 14.4 Å². The number of nitrogens with one attached hydrogen (secondary N) is 2. The molecule has 0 saturated heterocycles. The monoisotopic (exact) mass is 496 g/mol. The van der Waals surface area contributed by atoms with Gasteiger partial charge in [0.2, 0.25) is 11.8 Å². The third-order valence-electron chi connectivity index (χ3n) is 5.75. The second-order valence-electron chi connectivity index (χ2n) is 8.07. The zero-order valence-corrected chi connectivity index (χ0v) is 20.0. The van der Waals surface area contributed by atoms with E-state index in [1.165, 1.54) is 16.2 Å². The molecule has 1 aromatic carbocycles. The fraction of sp³-hybridized carbons (Fsp3) is 0.280. The van der Waals surface area contributed by atoms with Gasteiger partial charge in [0.1, 0.15) is 6.04 Å². The van der Waals surface area contributed by atoms with Crippen LogP contribution < -0.4 is 15.5 Å². The molecule has 0 unspecified atom stereocenters. The smallest absolute Gasteiger partial charge is 0.261 e. The van der Waals surface area contributed by atoms with Crippen LogP contribution in [0.15, 0.2) is 66.3 Å². The van der Waals surface area contributed by atoms with Crippen LogP contribution in [0.25, 0.3) is 0 Å². The van der Waals surface area contributed by atoms with Gasteiger partial charge in [0.05, 0.1) is 11.4 Å². The van der Waals surface area contributed by atoms with Crippen molar-refractivity contribution in [2.24, 2.45) is 0 Å². The number of carbonyl (C=O) groups is 3. The van der Waals surface area contributed by atoms with E-state index >= 15 is 0 Å². The second-order valence-corrected chi connectivity index (χ2v) is 9.46. The maximum Gasteiger partial charge on any atom is 0.261 e. The van der Waals surface area contributed by atoms with Crippen LogP contribution in [0.2, 0.25) is 5.02 Å². The Morgan fingerprint density at radius 3 is 2.41 bits per heavy atom. The van der Waals surface area contributed by atoms with E-state index in [1.54, 1.807) is 66.3 Å². The summed E-state index contributed by atoms with van der Waals surface area (Å²) in [6.07, 6.45) is 7.16. The van der Waals surface area contributed by atoms with Gasteiger partial charge in [0.15, 0.2) is 0 Å². The van der Waals surface area contributed by atoms with Gasteiger partial charge < -0.3 is 10.6 Å². The summed E-state index contributed by atoms with van der Waals surface area (Å²) in [6, 6.07) is 12.8. The lowest BCUT2D eigenvalue weighted by atomic mass is 10.0. The van der Waals surface area contributed by atoms with E-state index in [1.807, 2.05) is 0 Å². The number of anilines is 1. The highest BCUT2D eigenvalue weighted by atomic mass is 35.5. The molecule has 3 aromatic rings. The molecule has 34 heavy (non-hydrogen) atoms. The lowest BCUT2D eigenvalue weighted by molar-refractivity contribution is -0.126. The number of halogens is 1. The molecule has 7 nitrogen and oxygen atoms in total. The van der Waals surface area contributed by atoms with E-state index in [4.69, 9.17) is 11.6 Å². The van der Waals surface area contributed by atoms with E-state index in [0.29, 0.717) is 21.2 Å². The Kier molecular flexibility index (Phi) is 7.92. The molecule has 176 valence electrons. The van der Waals surface area contributed by atoms with Gasteiger partial charge in [-0.3, -0.25) is 24.3 Å². The van der Waals surface area contributed by atoms with Crippen molar-refractivity contribution < 1.29 is 14.4 Å². The summed E-state index contributed by atoms with van der Waals surface area (Å²) in [5.41, 5.74) is 1.13. The van der Waals surface area contributed by atoms with Crippen molar-refractivity contribution >= 4 is 46.3 Å². The number of nitrogens with zero attached hydrogens (tertiary/aromatic N) is 2. The lowest BCUT2D eigenvalue weighted by Gasteiger charge is -2.32. The summed E-state index contributed by atoms with van der Waals surface area (Å²) in [5.74, 6) is -1.03. The largest absolute Gasteiger partial charge is 0.351 e. The first kappa shape index (κ1) is 23.9. The first-order valence-electron chi connectivity index (χ1n) is 11.1. The third-order valence-corrected chi connectivity index (χ3v) is 6.87. The van der Waals surface area contributed by atoms with Crippen molar-refractivity contribution in [1.29, 1.82) is 0 Å². The number of hydrogen-bond donors (Lipinski definition) is 2. The quantitative estimate of drug-likeness (QED) is 0.484. The van der Waals surface area contributed by atoms with Gasteiger partial charge >= 0.3 is 0 Å². The molecule has 2 aromatic heterocycles. The standard InChI is InChI=1S/C25H25ClN4O3S/c26-18-7-9-20(10-8-18)30(22(31)16-28-24(32)21-6-3-15-34-21)23(17-11-13-27-14-12-17)25(33)29-19-4-1-2-5-19/h3,6-15,19,23H,1-2,4-5,16H2,(H,28,32)(H,29,33)/t23-/m1/s1. The Labute approximate surface area is 207 Å². The third kappa shape index (κ3) is 5.81. The summed E-state index contributed by atoms with van der Waals surface area (Å²) < 4.78 is 0. The van der Waals surface area contributed by atoms with E-state index in [2.05, 4.69) is 15.6 Å². The summed E-state index contributed by atoms with van der Waals surface area (Å²) in [6.45, 7) is -0.266. The van der Waals surface area contributed by atoms with Crippen LogP contribution in [0.3, 0.4) is 0 Å². The normalized spacial score (nSPS) is 14.4. The molecule has 0 spiro atoms. The zero-order chi connectivity index (χ0) is 23.9. The summed E-state index contributed by atoms with van der Waals surface area (Å²) in [5, 5.41) is 8.10. The topological polar surface area (TPSA) is 91.4 Å². The molecule has 1 aliphatic rings. The van der Waals surface area contributed by atoms with Crippen LogP contribution in [-0.4, -0.2) is 35.3 Å². The van der Waals surface area contributed by atoms with Crippen molar-refractivity contribution in [1.82, 2.24) is 15.6 Å². The molecule has 4 rings (SSSR count). The Balaban J connectivity index is 1.65. The highest BCUT2D eigenvalue weighted by Gasteiger charge is 2.34. The number of rotatable bonds is 8. The first-order valence-corrected chi connectivity index (χ1v) is 12.4. The lowest BCUT2D eigenvalue weighted by Crippen LogP contribution is -2.49. The maximum absolute atomic E-state index is 13.6. The Morgan fingerprint density at radius 2 is 1.76 bits per heavy atom. The predicted molar refractivity (Wildman–Crippen MR) is 133 cm³/mol. The van der Waals surface area contributed by atoms with Crippen LogP contribution in [-0.2, 0) is 9.59 Å². The van der Waals surface area contributed by atoms with Gasteiger partial charge in [-0.25, -0.2) is 0 Å². The van der Waals surface area contributed by atoms with Gasteiger partial charge in [-0.1, -0.05) is 30.5 Å². The van der Waals surface area contributed by atoms with E-state index < -0.39 is 11.9 Å². The molecule has 2 heterocycles. The molecule has 0 bridgehead atoms. The zero-order valence-electron chi connectivity index (χ0n) is 18.4. The average Bonchev–Trinajstić information content (AvgIpc) is 3.57. The summed E-state index contributed by atoms with van der Waals surface area (Å²) >= 11 is 7.37. The van der Waals surface area contributed by atoms with Gasteiger partial charge in [0.25, 0.3) is 5.91 Å². The van der Waals surface area contributed by atoms with E-state index in [0.717, 1.165) is 25.7 Å². The molecule has 1 saturated carbocycles. The molecule has 2 N–H and O–H groups in total. The second kappa shape index (κ2) is 11.3. The van der Waals surface area contributed by atoms with Crippen molar-refractivity contribution in [3.63, 3.8) is 0 Å². The molecule has 9 heteroatoms. The molecular formula is C25H25ClN4O3S. The number of hydrogen-bond acceptors (Lipinski definition) is 5. The van der Waals surface area contributed by atoms with Crippen LogP contribution in [0.4, 0.5) is 5.69 Å². The summed E-state index contributed by atoms with van der Waals surface area (Å²) in [7, 11) is 0. The minimum absolute atomic E-state index is 0.0811. The van der Waals surface area contributed by atoms with Crippen LogP contribution >= 0.6 is 22.9 Å². The summed E-state index contributed by atoms with van der Waals surface area (Å²) in [4.78, 5) is 45.5. The molecule has 0 aliphatic heterocycles. The van der Waals surface area contributed by atoms with Gasteiger partial charge in [-0.2, -0.15) is 0 Å². The number of pyridine rings is 1. The Bertz CT molecular complexity index is 1120. The molecular weight excluding hydrogens is 472 g/mol. The molecule has 1 aliphatic carbocycles. The van der Waals surface area contributed by atoms with E-state index in [-0.39, 0.29) is 24.4 Å². The molecule has 3 amide bonds. The number of carbonyl (C=O) groups excluding carboxylic acids is 3. The van der Waals surface area contributed by atoms with Crippen LogP contribution in [0, 0.1) is 0 Å². The van der Waals surface area contributed by atoms with Gasteiger partial charge in [-0.05, 0) is 66.2 Å². The van der Waals surface area contributed by atoms with Crippen molar-refractivity contribution in [2.45, 2.75) is 37.8 Å². The highest BCUT2D eigenvalue weighted by molar-refractivity contribution is 7.12. The van der Waals surface area contributed by atoms with Crippen LogP contribution in [0.5, 0.6) is 0 Å². The van der Waals surface area contributed by atoms with Crippen molar-refractivity contribution in [3.8, 4) is 0 Å². The highest BCUT2D eigenvalue weighted by Crippen LogP contribution is 2.30. The predicted octanol–water partition coefficient (Wildman–Crippen LogP) is 4.36. The average molecular weight is 497 g/mol. The number of benzene rings is 1. The fourth-order valence-corrected chi connectivity index (χ4v) is 4.85. The fourth-order valence-electron chi connectivity index (χ4n) is 4.09. The SMILES string of the molecule is O=C(NCC(=O)N(c1ccc(Cl)cc1)[C@@H](C(=O)NC1CCCC1)c1ccncc1)c1cccs1. The van der Waals surface area contributed by atoms with Crippen LogP contribution in [0.1, 0.15) is 47.0 Å². The minimum Gasteiger partial charge on any atom is -0.351 e. The molecule has 1 atom stereocenters. The number of amides is 3. The van der Waals surface area contributed by atoms with Gasteiger partial charge in [0, 0.05) is 29.1 Å². The minimum atomic E-state index is -0.934. The number of aromatic nitrogens is 1. The molecule has 1 fully saturated rings. The molecule has 0 radical (unpaired) electrons. The Hall–Kier alpha value is -3.23.